The zero-order chi connectivity index (χ0) is 20.3. The lowest BCUT2D eigenvalue weighted by Gasteiger charge is -2.37. The monoisotopic (exact) mass is 404 g/mol. The molecule has 1 N–H and O–H groups in total. The van der Waals surface area contributed by atoms with Crippen LogP contribution in [-0.2, 0) is 16.1 Å². The van der Waals surface area contributed by atoms with Crippen LogP contribution in [0.3, 0.4) is 0 Å². The van der Waals surface area contributed by atoms with E-state index < -0.39 is 28.9 Å². The number of rotatable bonds is 5. The zero-order valence-corrected chi connectivity index (χ0v) is 16.6. The number of carbonyl (C=O) groups is 1. The summed E-state index contributed by atoms with van der Waals surface area (Å²) in [6.07, 6.45) is 1.99. The maximum atomic E-state index is 14.6. The number of nitrogens with one attached hydrogen (secondary N) is 1. The molecule has 0 amide bonds. The average molecular weight is 404 g/mol. The average Bonchev–Trinajstić information content (AvgIpc) is 2.71. The van der Waals surface area contributed by atoms with E-state index in [0.29, 0.717) is 0 Å². The van der Waals surface area contributed by atoms with Crippen LogP contribution in [0, 0.1) is 17.0 Å². The first-order chi connectivity index (χ1) is 13.4. The number of esters is 1. The van der Waals surface area contributed by atoms with Gasteiger partial charge in [0.2, 0.25) is 0 Å². The summed E-state index contributed by atoms with van der Waals surface area (Å²) in [6.45, 7) is 2.31. The molecule has 3 rings (SSSR count). The largest absolute Gasteiger partial charge is 0.464 e. The van der Waals surface area contributed by atoms with E-state index in [1.54, 1.807) is 11.9 Å². The standard InChI is InChI=1S/C21H22F2N2O2S/c1-13-8-9-19(14-6-4-3-5-7-14)28-25(13)12-15-10-18(23)16(11-17(15)22)20(24)21(26)27-2/h3-7,10-11,13,19,24H,8-9,12H2,1-2H3/t13-,19?/m0/s1. The summed E-state index contributed by atoms with van der Waals surface area (Å²) in [5.74, 6) is -2.45. The lowest BCUT2D eigenvalue weighted by atomic mass is 10.0. The number of hydrogen-bond donors (Lipinski definition) is 1. The fourth-order valence-electron chi connectivity index (χ4n) is 3.23. The molecule has 1 fully saturated rings. The number of methoxy groups -OCH3 is 1. The summed E-state index contributed by atoms with van der Waals surface area (Å²) in [6, 6.07) is 12.3. The second-order valence-electron chi connectivity index (χ2n) is 6.80. The van der Waals surface area contributed by atoms with Gasteiger partial charge in [-0.1, -0.05) is 42.3 Å². The van der Waals surface area contributed by atoms with E-state index in [4.69, 9.17) is 5.41 Å². The molecule has 0 saturated carbocycles. The molecule has 0 spiro atoms. The van der Waals surface area contributed by atoms with Crippen molar-refractivity contribution < 1.29 is 18.3 Å². The Labute approximate surface area is 167 Å². The maximum absolute atomic E-state index is 14.6. The van der Waals surface area contributed by atoms with Crippen LogP contribution < -0.4 is 0 Å². The number of nitrogens with zero attached hydrogens (tertiary/aromatic N) is 1. The molecule has 2 atom stereocenters. The van der Waals surface area contributed by atoms with E-state index in [2.05, 4.69) is 28.1 Å². The minimum Gasteiger partial charge on any atom is -0.464 e. The molecule has 1 unspecified atom stereocenters. The summed E-state index contributed by atoms with van der Waals surface area (Å²) in [5, 5.41) is 7.93. The van der Waals surface area contributed by atoms with E-state index >= 15 is 0 Å². The van der Waals surface area contributed by atoms with Crippen LogP contribution in [0.4, 0.5) is 8.78 Å². The van der Waals surface area contributed by atoms with Gasteiger partial charge in [0.1, 0.15) is 17.3 Å². The van der Waals surface area contributed by atoms with E-state index in [1.165, 1.54) is 5.56 Å². The van der Waals surface area contributed by atoms with Gasteiger partial charge in [-0.3, -0.25) is 5.41 Å². The van der Waals surface area contributed by atoms with Gasteiger partial charge in [0.05, 0.1) is 7.11 Å². The number of hydrogen-bond acceptors (Lipinski definition) is 5. The van der Waals surface area contributed by atoms with Crippen molar-refractivity contribution >= 4 is 23.6 Å². The minimum atomic E-state index is -1.00. The summed E-state index contributed by atoms with van der Waals surface area (Å²) >= 11 is 1.65. The first kappa shape index (κ1) is 20.5. The van der Waals surface area contributed by atoms with Gasteiger partial charge >= 0.3 is 5.97 Å². The van der Waals surface area contributed by atoms with Gasteiger partial charge < -0.3 is 4.74 Å². The zero-order valence-electron chi connectivity index (χ0n) is 15.7. The van der Waals surface area contributed by atoms with Crippen molar-refractivity contribution in [3.8, 4) is 0 Å². The van der Waals surface area contributed by atoms with Crippen LogP contribution in [0.2, 0.25) is 0 Å². The molecular formula is C21H22F2N2O2S. The highest BCUT2D eigenvalue weighted by Gasteiger charge is 2.29. The van der Waals surface area contributed by atoms with Crippen LogP contribution in [0.15, 0.2) is 42.5 Å². The summed E-state index contributed by atoms with van der Waals surface area (Å²) in [4.78, 5) is 11.4. The lowest BCUT2D eigenvalue weighted by Crippen LogP contribution is -2.32. The third kappa shape index (κ3) is 4.42. The molecule has 1 heterocycles. The summed E-state index contributed by atoms with van der Waals surface area (Å²) in [5.41, 5.74) is 0.329. The lowest BCUT2D eigenvalue weighted by molar-refractivity contribution is -0.132. The second kappa shape index (κ2) is 8.84. The normalized spacial score (nSPS) is 20.0. The first-order valence-corrected chi connectivity index (χ1v) is 9.88. The van der Waals surface area contributed by atoms with E-state index in [9.17, 15) is 13.6 Å². The molecule has 2 aromatic rings. The first-order valence-electron chi connectivity index (χ1n) is 9.04. The number of ether oxygens (including phenoxy) is 1. The maximum Gasteiger partial charge on any atom is 0.356 e. The van der Waals surface area contributed by atoms with Crippen LogP contribution in [-0.4, -0.2) is 29.1 Å². The van der Waals surface area contributed by atoms with Gasteiger partial charge in [-0.15, -0.1) is 0 Å². The molecule has 1 aliphatic rings. The van der Waals surface area contributed by atoms with Crippen LogP contribution >= 0.6 is 11.9 Å². The van der Waals surface area contributed by atoms with Crippen LogP contribution in [0.5, 0.6) is 0 Å². The predicted molar refractivity (Wildman–Crippen MR) is 106 cm³/mol. The fourth-order valence-corrected chi connectivity index (χ4v) is 4.60. The number of halogens is 2. The SMILES string of the molecule is COC(=O)C(=N)c1cc(F)c(CN2SC(c3ccccc3)CC[C@@H]2C)cc1F. The Hall–Kier alpha value is -2.25. The molecule has 0 aliphatic carbocycles. The van der Waals surface area contributed by atoms with E-state index in [1.807, 2.05) is 18.2 Å². The third-order valence-corrected chi connectivity index (χ3v) is 6.42. The van der Waals surface area contributed by atoms with Gasteiger partial charge in [-0.2, -0.15) is 0 Å². The highest BCUT2D eigenvalue weighted by atomic mass is 32.2. The molecule has 4 nitrogen and oxygen atoms in total. The Balaban J connectivity index is 1.79. The molecule has 7 heteroatoms. The van der Waals surface area contributed by atoms with Gasteiger partial charge in [0, 0.05) is 29.0 Å². The summed E-state index contributed by atoms with van der Waals surface area (Å²) < 4.78 is 35.5. The van der Waals surface area contributed by atoms with Crippen molar-refractivity contribution in [3.63, 3.8) is 0 Å². The van der Waals surface area contributed by atoms with Crippen molar-refractivity contribution in [2.75, 3.05) is 7.11 Å². The van der Waals surface area contributed by atoms with Crippen molar-refractivity contribution in [2.24, 2.45) is 0 Å². The van der Waals surface area contributed by atoms with Crippen molar-refractivity contribution in [1.29, 1.82) is 5.41 Å². The minimum absolute atomic E-state index is 0.201. The fraction of sp³-hybridized carbons (Fsp3) is 0.333. The van der Waals surface area contributed by atoms with Crippen molar-refractivity contribution in [2.45, 2.75) is 37.6 Å². The molecule has 0 radical (unpaired) electrons. The molecule has 28 heavy (non-hydrogen) atoms. The van der Waals surface area contributed by atoms with Crippen LogP contribution in [0.25, 0.3) is 0 Å². The highest BCUT2D eigenvalue weighted by Crippen LogP contribution is 2.43. The Morgan fingerprint density at radius 1 is 1.21 bits per heavy atom. The molecule has 148 valence electrons. The molecule has 2 aromatic carbocycles. The van der Waals surface area contributed by atoms with Gasteiger partial charge in [0.15, 0.2) is 0 Å². The van der Waals surface area contributed by atoms with Crippen molar-refractivity contribution in [1.82, 2.24) is 4.31 Å². The van der Waals surface area contributed by atoms with Crippen molar-refractivity contribution in [3.05, 3.63) is 70.8 Å². The second-order valence-corrected chi connectivity index (χ2v) is 8.05. The van der Waals surface area contributed by atoms with E-state index in [0.717, 1.165) is 32.1 Å². The van der Waals surface area contributed by atoms with Gasteiger partial charge in [0.25, 0.3) is 0 Å². The molecule has 1 saturated heterocycles. The smallest absolute Gasteiger partial charge is 0.356 e. The predicted octanol–water partition coefficient (Wildman–Crippen LogP) is 4.88. The number of carbonyl (C=O) groups excluding carboxylic acids is 1. The topological polar surface area (TPSA) is 53.4 Å². The quantitative estimate of drug-likeness (QED) is 0.438. The van der Waals surface area contributed by atoms with Gasteiger partial charge in [-0.25, -0.2) is 17.9 Å². The Bertz CT molecular complexity index is 876. The molecule has 1 aliphatic heterocycles. The Morgan fingerprint density at radius 2 is 1.93 bits per heavy atom. The van der Waals surface area contributed by atoms with E-state index in [-0.39, 0.29) is 23.4 Å². The van der Waals surface area contributed by atoms with Crippen LogP contribution in [0.1, 0.15) is 41.7 Å². The highest BCUT2D eigenvalue weighted by molar-refractivity contribution is 7.97. The number of benzene rings is 2. The molecule has 0 bridgehead atoms. The molecular weight excluding hydrogens is 382 g/mol. The Kier molecular flexibility index (Phi) is 6.46. The molecule has 0 aromatic heterocycles. The Morgan fingerprint density at radius 3 is 2.61 bits per heavy atom. The van der Waals surface area contributed by atoms with Gasteiger partial charge in [-0.05, 0) is 37.5 Å². The third-order valence-electron chi connectivity index (χ3n) is 4.89. The summed E-state index contributed by atoms with van der Waals surface area (Å²) in [7, 11) is 1.09.